The van der Waals surface area contributed by atoms with Crippen molar-refractivity contribution in [3.05, 3.63) is 41.5 Å². The number of morpholine rings is 1. The first-order chi connectivity index (χ1) is 12.7. The van der Waals surface area contributed by atoms with Crippen molar-refractivity contribution in [2.45, 2.75) is 44.8 Å². The number of benzene rings is 1. The van der Waals surface area contributed by atoms with Crippen LogP contribution in [0.4, 0.5) is 0 Å². The van der Waals surface area contributed by atoms with Crippen molar-refractivity contribution in [1.82, 2.24) is 19.7 Å². The lowest BCUT2D eigenvalue weighted by Crippen LogP contribution is -2.35. The molecular weight excluding hydrogens is 328 g/mol. The highest BCUT2D eigenvalue weighted by Crippen LogP contribution is 2.23. The highest BCUT2D eigenvalue weighted by molar-refractivity contribution is 5.35. The van der Waals surface area contributed by atoms with E-state index in [1.807, 2.05) is 4.68 Å². The number of ether oxygens (including phenoxy) is 2. The number of nitrogens with zero attached hydrogens (tertiary/aromatic N) is 4. The van der Waals surface area contributed by atoms with Gasteiger partial charge in [0, 0.05) is 26.1 Å². The summed E-state index contributed by atoms with van der Waals surface area (Å²) in [6.45, 7) is 5.52. The van der Waals surface area contributed by atoms with Crippen molar-refractivity contribution >= 4 is 0 Å². The summed E-state index contributed by atoms with van der Waals surface area (Å²) in [5.74, 6) is 1.79. The summed E-state index contributed by atoms with van der Waals surface area (Å²) in [4.78, 5) is 7.15. The fraction of sp³-hybridized carbons (Fsp3) is 0.600. The molecule has 0 amide bonds. The lowest BCUT2D eigenvalue weighted by molar-refractivity contribution is -0.0254. The zero-order valence-corrected chi connectivity index (χ0v) is 15.7. The molecular formula is C20H28N4O2. The zero-order valence-electron chi connectivity index (χ0n) is 15.7. The SMILES string of the molecule is Cc1cccc(-n2nc(C3CN(C)CCO3)nc2CC[C@@H]2CCCO2)c1. The van der Waals surface area contributed by atoms with Crippen molar-refractivity contribution < 1.29 is 9.47 Å². The summed E-state index contributed by atoms with van der Waals surface area (Å²) in [5, 5.41) is 4.84. The Labute approximate surface area is 155 Å². The molecule has 3 heterocycles. The van der Waals surface area contributed by atoms with Gasteiger partial charge in [-0.05, 0) is 50.9 Å². The molecule has 1 unspecified atom stereocenters. The van der Waals surface area contributed by atoms with Crippen LogP contribution in [0.5, 0.6) is 0 Å². The van der Waals surface area contributed by atoms with Gasteiger partial charge in [-0.3, -0.25) is 0 Å². The van der Waals surface area contributed by atoms with E-state index >= 15 is 0 Å². The van der Waals surface area contributed by atoms with Gasteiger partial charge in [0.05, 0.1) is 18.4 Å². The minimum absolute atomic E-state index is 0.0544. The maximum atomic E-state index is 5.94. The number of rotatable bonds is 5. The highest BCUT2D eigenvalue weighted by Gasteiger charge is 2.26. The summed E-state index contributed by atoms with van der Waals surface area (Å²) in [7, 11) is 2.12. The lowest BCUT2D eigenvalue weighted by atomic mass is 10.1. The minimum Gasteiger partial charge on any atom is -0.378 e. The van der Waals surface area contributed by atoms with Crippen molar-refractivity contribution in [3.63, 3.8) is 0 Å². The molecule has 2 aliphatic rings. The second kappa shape index (κ2) is 7.86. The van der Waals surface area contributed by atoms with Crippen LogP contribution in [0.25, 0.3) is 5.69 Å². The Bertz CT molecular complexity index is 739. The molecule has 2 saturated heterocycles. The van der Waals surface area contributed by atoms with Crippen LogP contribution >= 0.6 is 0 Å². The Morgan fingerprint density at radius 3 is 2.92 bits per heavy atom. The molecule has 2 atom stereocenters. The largest absolute Gasteiger partial charge is 0.378 e. The zero-order chi connectivity index (χ0) is 17.9. The van der Waals surface area contributed by atoms with Crippen LogP contribution in [-0.2, 0) is 15.9 Å². The van der Waals surface area contributed by atoms with Gasteiger partial charge in [0.1, 0.15) is 11.9 Å². The fourth-order valence-electron chi connectivity index (χ4n) is 3.72. The monoisotopic (exact) mass is 356 g/mol. The molecule has 6 heteroatoms. The molecule has 2 aliphatic heterocycles. The van der Waals surface area contributed by atoms with E-state index in [9.17, 15) is 0 Å². The molecule has 0 saturated carbocycles. The molecule has 2 aromatic rings. The molecule has 4 rings (SSSR count). The Morgan fingerprint density at radius 1 is 1.23 bits per heavy atom. The van der Waals surface area contributed by atoms with Gasteiger partial charge >= 0.3 is 0 Å². The third kappa shape index (κ3) is 3.98. The number of hydrogen-bond acceptors (Lipinski definition) is 5. The van der Waals surface area contributed by atoms with Crippen molar-refractivity contribution in [1.29, 1.82) is 0 Å². The third-order valence-electron chi connectivity index (χ3n) is 5.21. The quantitative estimate of drug-likeness (QED) is 0.824. The van der Waals surface area contributed by atoms with Crippen LogP contribution in [0.3, 0.4) is 0 Å². The van der Waals surface area contributed by atoms with E-state index in [-0.39, 0.29) is 6.10 Å². The van der Waals surface area contributed by atoms with E-state index in [4.69, 9.17) is 19.6 Å². The average Bonchev–Trinajstić information content (AvgIpc) is 3.30. The predicted octanol–water partition coefficient (Wildman–Crippen LogP) is 2.69. The summed E-state index contributed by atoms with van der Waals surface area (Å²) in [6, 6.07) is 8.42. The Kier molecular flexibility index (Phi) is 5.33. The number of likely N-dealkylation sites (N-methyl/N-ethyl adjacent to an activating group) is 1. The summed E-state index contributed by atoms with van der Waals surface area (Å²) in [6.07, 6.45) is 4.49. The topological polar surface area (TPSA) is 52.4 Å². The first kappa shape index (κ1) is 17.6. The van der Waals surface area contributed by atoms with E-state index in [0.717, 1.165) is 62.9 Å². The van der Waals surface area contributed by atoms with Gasteiger partial charge in [0.15, 0.2) is 5.82 Å². The molecule has 2 fully saturated rings. The van der Waals surface area contributed by atoms with Crippen LogP contribution in [0.15, 0.2) is 24.3 Å². The number of aromatic nitrogens is 3. The van der Waals surface area contributed by atoms with Crippen LogP contribution < -0.4 is 0 Å². The van der Waals surface area contributed by atoms with Crippen LogP contribution in [0, 0.1) is 6.92 Å². The van der Waals surface area contributed by atoms with Gasteiger partial charge < -0.3 is 14.4 Å². The van der Waals surface area contributed by atoms with E-state index in [0.29, 0.717) is 6.10 Å². The van der Waals surface area contributed by atoms with Gasteiger partial charge in [-0.2, -0.15) is 0 Å². The maximum Gasteiger partial charge on any atom is 0.181 e. The molecule has 6 nitrogen and oxygen atoms in total. The molecule has 140 valence electrons. The first-order valence-corrected chi connectivity index (χ1v) is 9.63. The second-order valence-electron chi connectivity index (χ2n) is 7.43. The van der Waals surface area contributed by atoms with Crippen molar-refractivity contribution in [3.8, 4) is 5.69 Å². The second-order valence-corrected chi connectivity index (χ2v) is 7.43. The summed E-state index contributed by atoms with van der Waals surface area (Å²) in [5.41, 5.74) is 2.29. The third-order valence-corrected chi connectivity index (χ3v) is 5.21. The number of hydrogen-bond donors (Lipinski definition) is 0. The Balaban J connectivity index is 1.60. The van der Waals surface area contributed by atoms with Crippen molar-refractivity contribution in [2.24, 2.45) is 0 Å². The fourth-order valence-corrected chi connectivity index (χ4v) is 3.72. The first-order valence-electron chi connectivity index (χ1n) is 9.63. The van der Waals surface area contributed by atoms with Gasteiger partial charge in [-0.25, -0.2) is 9.67 Å². The average molecular weight is 356 g/mol. The smallest absolute Gasteiger partial charge is 0.181 e. The number of aryl methyl sites for hydroxylation is 2. The molecule has 0 spiro atoms. The van der Waals surface area contributed by atoms with Gasteiger partial charge in [0.25, 0.3) is 0 Å². The molecule has 0 N–H and O–H groups in total. The summed E-state index contributed by atoms with van der Waals surface area (Å²) < 4.78 is 13.7. The van der Waals surface area contributed by atoms with Crippen LogP contribution in [0.1, 0.15) is 42.6 Å². The molecule has 0 bridgehead atoms. The molecule has 1 aromatic heterocycles. The van der Waals surface area contributed by atoms with Crippen LogP contribution in [-0.4, -0.2) is 59.1 Å². The molecule has 26 heavy (non-hydrogen) atoms. The predicted molar refractivity (Wildman–Crippen MR) is 99.6 cm³/mol. The Morgan fingerprint density at radius 2 is 2.15 bits per heavy atom. The highest BCUT2D eigenvalue weighted by atomic mass is 16.5. The van der Waals surface area contributed by atoms with E-state index < -0.39 is 0 Å². The molecule has 1 aromatic carbocycles. The van der Waals surface area contributed by atoms with E-state index in [1.54, 1.807) is 0 Å². The van der Waals surface area contributed by atoms with E-state index in [1.165, 1.54) is 12.0 Å². The molecule has 0 radical (unpaired) electrons. The molecule has 0 aliphatic carbocycles. The van der Waals surface area contributed by atoms with Crippen molar-refractivity contribution in [2.75, 3.05) is 33.4 Å². The van der Waals surface area contributed by atoms with Gasteiger partial charge in [-0.1, -0.05) is 12.1 Å². The minimum atomic E-state index is -0.0544. The lowest BCUT2D eigenvalue weighted by Gasteiger charge is -2.28. The maximum absolute atomic E-state index is 5.94. The summed E-state index contributed by atoms with van der Waals surface area (Å²) >= 11 is 0. The standard InChI is InChI=1S/C20H28N4O2/c1-15-5-3-6-16(13-15)24-19(9-8-17-7-4-11-25-17)21-20(22-24)18-14-23(2)10-12-26-18/h3,5-6,13,17-18H,4,7-12,14H2,1-2H3/t17-,18?/m0/s1. The Hall–Kier alpha value is -1.76. The normalized spacial score (nSPS) is 24.2. The van der Waals surface area contributed by atoms with Gasteiger partial charge in [0.2, 0.25) is 0 Å². The van der Waals surface area contributed by atoms with Gasteiger partial charge in [-0.15, -0.1) is 5.10 Å². The van der Waals surface area contributed by atoms with E-state index in [2.05, 4.69) is 43.1 Å². The van der Waals surface area contributed by atoms with Crippen LogP contribution in [0.2, 0.25) is 0 Å².